The first-order valence-corrected chi connectivity index (χ1v) is 6.49. The van der Waals surface area contributed by atoms with E-state index < -0.39 is 0 Å². The standard InChI is InChI=1S/C15H21NO/c1-11-6-4-9-14(10-11)15(17)16-12(2)7-5-8-13(16)3/h4,6,9-10,12-13H,5,7-8H2,1-3H3/t12-,13+. The highest BCUT2D eigenvalue weighted by Crippen LogP contribution is 2.24. The second-order valence-corrected chi connectivity index (χ2v) is 5.21. The molecule has 0 saturated carbocycles. The summed E-state index contributed by atoms with van der Waals surface area (Å²) in [5.41, 5.74) is 1.97. The van der Waals surface area contributed by atoms with Gasteiger partial charge in [-0.3, -0.25) is 4.79 Å². The van der Waals surface area contributed by atoms with Gasteiger partial charge in [-0.25, -0.2) is 0 Å². The molecule has 1 saturated heterocycles. The minimum Gasteiger partial charge on any atom is -0.333 e. The van der Waals surface area contributed by atoms with Crippen molar-refractivity contribution < 1.29 is 4.79 Å². The Morgan fingerprint density at radius 1 is 1.24 bits per heavy atom. The van der Waals surface area contributed by atoms with E-state index in [-0.39, 0.29) is 5.91 Å². The van der Waals surface area contributed by atoms with Gasteiger partial charge in [0.05, 0.1) is 0 Å². The predicted molar refractivity (Wildman–Crippen MR) is 70.1 cm³/mol. The topological polar surface area (TPSA) is 20.3 Å². The molecule has 1 heterocycles. The van der Waals surface area contributed by atoms with Gasteiger partial charge in [0.25, 0.3) is 5.91 Å². The second-order valence-electron chi connectivity index (χ2n) is 5.21. The first kappa shape index (κ1) is 12.2. The normalized spacial score (nSPS) is 24.8. The number of likely N-dealkylation sites (tertiary alicyclic amines) is 1. The van der Waals surface area contributed by atoms with Crippen molar-refractivity contribution >= 4 is 5.91 Å². The third-order valence-corrected chi connectivity index (χ3v) is 3.69. The Hall–Kier alpha value is -1.31. The summed E-state index contributed by atoms with van der Waals surface area (Å²) in [6.45, 7) is 6.34. The number of amides is 1. The molecule has 1 aliphatic heterocycles. The maximum atomic E-state index is 12.5. The zero-order chi connectivity index (χ0) is 12.4. The third kappa shape index (κ3) is 2.51. The number of piperidine rings is 1. The molecule has 92 valence electrons. The van der Waals surface area contributed by atoms with Gasteiger partial charge in [0.2, 0.25) is 0 Å². The predicted octanol–water partition coefficient (Wildman–Crippen LogP) is 3.40. The van der Waals surface area contributed by atoms with Crippen molar-refractivity contribution in [1.82, 2.24) is 4.90 Å². The molecule has 2 atom stereocenters. The van der Waals surface area contributed by atoms with Crippen LogP contribution in [0.1, 0.15) is 49.0 Å². The Kier molecular flexibility index (Phi) is 3.51. The van der Waals surface area contributed by atoms with Gasteiger partial charge in [0.1, 0.15) is 0 Å². The highest BCUT2D eigenvalue weighted by Gasteiger charge is 2.29. The molecule has 1 fully saturated rings. The van der Waals surface area contributed by atoms with E-state index in [1.165, 1.54) is 6.42 Å². The summed E-state index contributed by atoms with van der Waals surface area (Å²) in [6, 6.07) is 8.63. The van der Waals surface area contributed by atoms with Crippen LogP contribution in [-0.4, -0.2) is 22.9 Å². The fraction of sp³-hybridized carbons (Fsp3) is 0.533. The molecule has 0 N–H and O–H groups in total. The lowest BCUT2D eigenvalue weighted by Crippen LogP contribution is -2.47. The monoisotopic (exact) mass is 231 g/mol. The molecule has 0 unspecified atom stereocenters. The number of hydrogen-bond donors (Lipinski definition) is 0. The molecule has 0 aliphatic carbocycles. The van der Waals surface area contributed by atoms with Crippen molar-refractivity contribution in [2.75, 3.05) is 0 Å². The summed E-state index contributed by atoms with van der Waals surface area (Å²) in [5.74, 6) is 0.188. The Morgan fingerprint density at radius 2 is 1.88 bits per heavy atom. The first-order valence-electron chi connectivity index (χ1n) is 6.49. The van der Waals surface area contributed by atoms with Gasteiger partial charge in [-0.05, 0) is 52.2 Å². The molecule has 1 aromatic rings. The highest BCUT2D eigenvalue weighted by molar-refractivity contribution is 5.94. The lowest BCUT2D eigenvalue weighted by Gasteiger charge is -2.39. The largest absolute Gasteiger partial charge is 0.333 e. The summed E-state index contributed by atoms with van der Waals surface area (Å²) in [4.78, 5) is 14.6. The minimum absolute atomic E-state index is 0.188. The van der Waals surface area contributed by atoms with Crippen molar-refractivity contribution in [2.45, 2.75) is 52.1 Å². The van der Waals surface area contributed by atoms with Gasteiger partial charge < -0.3 is 4.90 Å². The van der Waals surface area contributed by atoms with Gasteiger partial charge >= 0.3 is 0 Å². The van der Waals surface area contributed by atoms with Crippen LogP contribution < -0.4 is 0 Å². The van der Waals surface area contributed by atoms with Crippen LogP contribution in [0.25, 0.3) is 0 Å². The van der Waals surface area contributed by atoms with Gasteiger partial charge in [0.15, 0.2) is 0 Å². The molecule has 1 amide bonds. The van der Waals surface area contributed by atoms with Crippen LogP contribution in [0, 0.1) is 6.92 Å². The molecule has 0 bridgehead atoms. The van der Waals surface area contributed by atoms with Crippen LogP contribution in [0.4, 0.5) is 0 Å². The van der Waals surface area contributed by atoms with E-state index in [1.807, 2.05) is 31.2 Å². The van der Waals surface area contributed by atoms with Gasteiger partial charge in [-0.15, -0.1) is 0 Å². The summed E-state index contributed by atoms with van der Waals surface area (Å²) in [7, 11) is 0. The number of benzene rings is 1. The van der Waals surface area contributed by atoms with Crippen LogP contribution >= 0.6 is 0 Å². The quantitative estimate of drug-likeness (QED) is 0.725. The number of nitrogens with zero attached hydrogens (tertiary/aromatic N) is 1. The van der Waals surface area contributed by atoms with Crippen LogP contribution in [0.3, 0.4) is 0 Å². The van der Waals surface area contributed by atoms with Gasteiger partial charge in [-0.2, -0.15) is 0 Å². The molecule has 17 heavy (non-hydrogen) atoms. The second kappa shape index (κ2) is 4.91. The minimum atomic E-state index is 0.188. The Bertz CT molecular complexity index is 403. The van der Waals surface area contributed by atoms with Crippen molar-refractivity contribution in [3.8, 4) is 0 Å². The van der Waals surface area contributed by atoms with Crippen LogP contribution in [-0.2, 0) is 0 Å². The molecule has 0 aromatic heterocycles. The first-order chi connectivity index (χ1) is 8.09. The van der Waals surface area contributed by atoms with Crippen LogP contribution in [0.15, 0.2) is 24.3 Å². The zero-order valence-electron chi connectivity index (χ0n) is 10.9. The smallest absolute Gasteiger partial charge is 0.254 e. The Labute approximate surface area is 104 Å². The lowest BCUT2D eigenvalue weighted by atomic mass is 9.96. The van der Waals surface area contributed by atoms with Crippen molar-refractivity contribution in [2.24, 2.45) is 0 Å². The van der Waals surface area contributed by atoms with E-state index in [9.17, 15) is 4.79 Å². The van der Waals surface area contributed by atoms with Crippen molar-refractivity contribution in [3.63, 3.8) is 0 Å². The maximum Gasteiger partial charge on any atom is 0.254 e. The summed E-state index contributed by atoms with van der Waals surface area (Å²) >= 11 is 0. The molecular formula is C15H21NO. The number of carbonyl (C=O) groups is 1. The molecular weight excluding hydrogens is 210 g/mol. The van der Waals surface area contributed by atoms with E-state index in [4.69, 9.17) is 0 Å². The average Bonchev–Trinajstić information content (AvgIpc) is 2.28. The van der Waals surface area contributed by atoms with Crippen molar-refractivity contribution in [3.05, 3.63) is 35.4 Å². The van der Waals surface area contributed by atoms with E-state index in [2.05, 4.69) is 18.7 Å². The zero-order valence-corrected chi connectivity index (χ0v) is 10.9. The number of hydrogen-bond acceptors (Lipinski definition) is 1. The molecule has 2 rings (SSSR count). The van der Waals surface area contributed by atoms with E-state index >= 15 is 0 Å². The average molecular weight is 231 g/mol. The highest BCUT2D eigenvalue weighted by atomic mass is 16.2. The third-order valence-electron chi connectivity index (χ3n) is 3.69. The van der Waals surface area contributed by atoms with E-state index in [0.29, 0.717) is 12.1 Å². The van der Waals surface area contributed by atoms with E-state index in [0.717, 1.165) is 24.0 Å². The number of rotatable bonds is 1. The molecule has 1 aromatic carbocycles. The van der Waals surface area contributed by atoms with Crippen molar-refractivity contribution in [1.29, 1.82) is 0 Å². The maximum absolute atomic E-state index is 12.5. The summed E-state index contributed by atoms with van der Waals surface area (Å²) in [5, 5.41) is 0. The Balaban J connectivity index is 2.24. The lowest BCUT2D eigenvalue weighted by molar-refractivity contribution is 0.0510. The Morgan fingerprint density at radius 3 is 2.47 bits per heavy atom. The SMILES string of the molecule is Cc1cccc(C(=O)N2[C@H](C)CCC[C@@H]2C)c1. The van der Waals surface area contributed by atoms with Crippen LogP contribution in [0.5, 0.6) is 0 Å². The molecule has 1 aliphatic rings. The summed E-state index contributed by atoms with van der Waals surface area (Å²) < 4.78 is 0. The molecule has 2 nitrogen and oxygen atoms in total. The van der Waals surface area contributed by atoms with Crippen LogP contribution in [0.2, 0.25) is 0 Å². The fourth-order valence-electron chi connectivity index (χ4n) is 2.75. The van der Waals surface area contributed by atoms with E-state index in [1.54, 1.807) is 0 Å². The fourth-order valence-corrected chi connectivity index (χ4v) is 2.75. The number of aryl methyl sites for hydroxylation is 1. The summed E-state index contributed by atoms with van der Waals surface area (Å²) in [6.07, 6.45) is 3.49. The molecule has 0 spiro atoms. The molecule has 0 radical (unpaired) electrons. The van der Waals surface area contributed by atoms with Gasteiger partial charge in [0, 0.05) is 17.6 Å². The number of carbonyl (C=O) groups excluding carboxylic acids is 1. The molecule has 2 heteroatoms. The van der Waals surface area contributed by atoms with Gasteiger partial charge in [-0.1, -0.05) is 17.7 Å².